The molecule has 0 spiro atoms. The Morgan fingerprint density at radius 3 is 2.95 bits per heavy atom. The van der Waals surface area contributed by atoms with Crippen LogP contribution < -0.4 is 5.73 Å². The van der Waals surface area contributed by atoms with Gasteiger partial charge in [0, 0.05) is 31.2 Å². The van der Waals surface area contributed by atoms with Gasteiger partial charge in [-0.05, 0) is 18.2 Å². The van der Waals surface area contributed by atoms with Crippen LogP contribution in [0.1, 0.15) is 21.6 Å². The second-order valence-electron chi connectivity index (χ2n) is 4.45. The van der Waals surface area contributed by atoms with Crippen molar-refractivity contribution in [3.63, 3.8) is 0 Å². The van der Waals surface area contributed by atoms with E-state index in [2.05, 4.69) is 21.8 Å². The van der Waals surface area contributed by atoms with Crippen molar-refractivity contribution < 1.29 is 4.79 Å². The molecular weight excluding hydrogens is 264 g/mol. The molecule has 0 bridgehead atoms. The first-order valence-corrected chi connectivity index (χ1v) is 6.50. The number of carbonyl (C=O) groups excluding carboxylic acids is 1. The van der Waals surface area contributed by atoms with Crippen LogP contribution in [-0.4, -0.2) is 34.4 Å². The molecule has 0 atom stereocenters. The molecular formula is C16H16N4O. The molecule has 2 N–H and O–H groups in total. The van der Waals surface area contributed by atoms with Gasteiger partial charge in [-0.3, -0.25) is 14.8 Å². The Morgan fingerprint density at radius 2 is 2.24 bits per heavy atom. The van der Waals surface area contributed by atoms with Crippen LogP contribution >= 0.6 is 0 Å². The molecule has 2 aromatic heterocycles. The fourth-order valence-corrected chi connectivity index (χ4v) is 1.81. The molecule has 0 aliphatic carbocycles. The lowest BCUT2D eigenvalue weighted by molar-refractivity contribution is 0.0783. The van der Waals surface area contributed by atoms with Crippen LogP contribution in [0.4, 0.5) is 0 Å². The molecule has 5 nitrogen and oxygen atoms in total. The van der Waals surface area contributed by atoms with Gasteiger partial charge in [0.25, 0.3) is 5.91 Å². The summed E-state index contributed by atoms with van der Waals surface area (Å²) in [4.78, 5) is 22.2. The third-order valence-electron chi connectivity index (χ3n) is 2.79. The minimum atomic E-state index is -0.121. The van der Waals surface area contributed by atoms with Gasteiger partial charge in [0.1, 0.15) is 0 Å². The highest BCUT2D eigenvalue weighted by Crippen LogP contribution is 2.07. The second-order valence-corrected chi connectivity index (χ2v) is 4.45. The first-order chi connectivity index (χ1) is 10.2. The van der Waals surface area contributed by atoms with Gasteiger partial charge in [-0.1, -0.05) is 17.9 Å². The Labute approximate surface area is 123 Å². The first-order valence-electron chi connectivity index (χ1n) is 6.50. The molecule has 21 heavy (non-hydrogen) atoms. The number of rotatable bonds is 3. The molecule has 0 saturated heterocycles. The minimum absolute atomic E-state index is 0.121. The van der Waals surface area contributed by atoms with E-state index < -0.39 is 0 Å². The molecule has 5 heteroatoms. The quantitative estimate of drug-likeness (QED) is 0.853. The van der Waals surface area contributed by atoms with Crippen molar-refractivity contribution in [3.05, 3.63) is 59.7 Å². The molecule has 0 radical (unpaired) electrons. The predicted octanol–water partition coefficient (Wildman–Crippen LogP) is 1.06. The average Bonchev–Trinajstić information content (AvgIpc) is 2.53. The monoisotopic (exact) mass is 280 g/mol. The summed E-state index contributed by atoms with van der Waals surface area (Å²) < 4.78 is 0. The van der Waals surface area contributed by atoms with E-state index in [1.54, 1.807) is 30.4 Å². The fraction of sp³-hybridized carbons (Fsp3) is 0.188. The normalized spacial score (nSPS) is 9.62. The predicted molar refractivity (Wildman–Crippen MR) is 80.2 cm³/mol. The highest BCUT2D eigenvalue weighted by Gasteiger charge is 2.13. The molecule has 0 unspecified atom stereocenters. The van der Waals surface area contributed by atoms with Crippen LogP contribution in [0.2, 0.25) is 0 Å². The number of pyridine rings is 2. The van der Waals surface area contributed by atoms with Gasteiger partial charge >= 0.3 is 0 Å². The van der Waals surface area contributed by atoms with Gasteiger partial charge in [-0.15, -0.1) is 0 Å². The van der Waals surface area contributed by atoms with E-state index in [1.165, 1.54) is 6.20 Å². The molecule has 0 fully saturated rings. The lowest BCUT2D eigenvalue weighted by atomic mass is 10.2. The summed E-state index contributed by atoms with van der Waals surface area (Å²) in [5.41, 5.74) is 7.34. The summed E-state index contributed by atoms with van der Waals surface area (Å²) in [5, 5.41) is 0. The Bertz CT molecular complexity index is 673. The maximum atomic E-state index is 12.4. The lowest BCUT2D eigenvalue weighted by Gasteiger charge is -2.16. The number of amides is 1. The molecule has 2 rings (SSSR count). The van der Waals surface area contributed by atoms with E-state index in [1.807, 2.05) is 18.2 Å². The van der Waals surface area contributed by atoms with Crippen molar-refractivity contribution in [1.29, 1.82) is 0 Å². The number of nitrogens with zero attached hydrogens (tertiary/aromatic N) is 3. The number of aromatic nitrogens is 2. The van der Waals surface area contributed by atoms with Gasteiger partial charge in [0.15, 0.2) is 0 Å². The van der Waals surface area contributed by atoms with Gasteiger partial charge in [0.2, 0.25) is 0 Å². The van der Waals surface area contributed by atoms with Gasteiger partial charge in [-0.25, -0.2) is 0 Å². The highest BCUT2D eigenvalue weighted by atomic mass is 16.2. The molecule has 0 aromatic carbocycles. The van der Waals surface area contributed by atoms with Gasteiger partial charge in [0.05, 0.1) is 24.3 Å². The number of carbonyl (C=O) groups is 1. The van der Waals surface area contributed by atoms with Crippen molar-refractivity contribution in [3.8, 4) is 11.8 Å². The van der Waals surface area contributed by atoms with E-state index in [0.29, 0.717) is 17.7 Å². The Balaban J connectivity index is 2.12. The summed E-state index contributed by atoms with van der Waals surface area (Å²) in [5.74, 6) is 5.49. The molecule has 2 heterocycles. The minimum Gasteiger partial charge on any atom is -0.336 e. The SMILES string of the molecule is CN(Cc1ccccn1)C(=O)c1cncc(C#CCN)c1. The summed E-state index contributed by atoms with van der Waals surface area (Å²) in [6.07, 6.45) is 4.85. The topological polar surface area (TPSA) is 72.1 Å². The van der Waals surface area contributed by atoms with E-state index in [-0.39, 0.29) is 12.5 Å². The smallest absolute Gasteiger partial charge is 0.255 e. The fourth-order valence-electron chi connectivity index (χ4n) is 1.81. The average molecular weight is 280 g/mol. The molecule has 0 aliphatic heterocycles. The summed E-state index contributed by atoms with van der Waals surface area (Å²) in [6, 6.07) is 7.33. The molecule has 106 valence electrons. The third-order valence-corrected chi connectivity index (χ3v) is 2.79. The van der Waals surface area contributed by atoms with Crippen LogP contribution in [0.5, 0.6) is 0 Å². The van der Waals surface area contributed by atoms with E-state index >= 15 is 0 Å². The zero-order valence-corrected chi connectivity index (χ0v) is 11.8. The zero-order chi connectivity index (χ0) is 15.1. The summed E-state index contributed by atoms with van der Waals surface area (Å²) in [6.45, 7) is 0.718. The lowest BCUT2D eigenvalue weighted by Crippen LogP contribution is -2.26. The molecule has 0 saturated carbocycles. The van der Waals surface area contributed by atoms with Crippen molar-refractivity contribution in [1.82, 2.24) is 14.9 Å². The van der Waals surface area contributed by atoms with Crippen LogP contribution in [0.25, 0.3) is 0 Å². The van der Waals surface area contributed by atoms with Gasteiger partial charge in [-0.2, -0.15) is 0 Å². The second kappa shape index (κ2) is 7.17. The maximum absolute atomic E-state index is 12.4. The zero-order valence-electron chi connectivity index (χ0n) is 11.8. The van der Waals surface area contributed by atoms with Crippen molar-refractivity contribution in [2.45, 2.75) is 6.54 Å². The van der Waals surface area contributed by atoms with Crippen molar-refractivity contribution in [2.24, 2.45) is 5.73 Å². The highest BCUT2D eigenvalue weighted by molar-refractivity contribution is 5.94. The number of nitrogens with two attached hydrogens (primary N) is 1. The van der Waals surface area contributed by atoms with Crippen LogP contribution in [0, 0.1) is 11.8 Å². The van der Waals surface area contributed by atoms with Gasteiger partial charge < -0.3 is 10.6 Å². The van der Waals surface area contributed by atoms with Crippen LogP contribution in [0.3, 0.4) is 0 Å². The van der Waals surface area contributed by atoms with E-state index in [0.717, 1.165) is 5.69 Å². The summed E-state index contributed by atoms with van der Waals surface area (Å²) in [7, 11) is 1.73. The van der Waals surface area contributed by atoms with E-state index in [9.17, 15) is 4.79 Å². The van der Waals surface area contributed by atoms with Crippen molar-refractivity contribution >= 4 is 5.91 Å². The maximum Gasteiger partial charge on any atom is 0.255 e. The van der Waals surface area contributed by atoms with Crippen LogP contribution in [0.15, 0.2) is 42.9 Å². The molecule has 1 amide bonds. The Morgan fingerprint density at radius 1 is 1.38 bits per heavy atom. The Kier molecular flexibility index (Phi) is 5.02. The van der Waals surface area contributed by atoms with E-state index in [4.69, 9.17) is 5.73 Å². The largest absolute Gasteiger partial charge is 0.336 e. The Hall–Kier alpha value is -2.71. The standard InChI is InChI=1S/C16H16N4O/c1-20(12-15-6-2-3-8-19-15)16(21)14-9-13(5-4-7-17)10-18-11-14/h2-3,6,8-11H,7,12,17H2,1H3. The number of hydrogen-bond acceptors (Lipinski definition) is 4. The molecule has 0 aliphatic rings. The molecule has 2 aromatic rings. The summed E-state index contributed by atoms with van der Waals surface area (Å²) >= 11 is 0. The third kappa shape index (κ3) is 4.13. The van der Waals surface area contributed by atoms with Crippen molar-refractivity contribution in [2.75, 3.05) is 13.6 Å². The number of hydrogen-bond donors (Lipinski definition) is 1. The first kappa shape index (κ1) is 14.7. The van der Waals surface area contributed by atoms with Crippen LogP contribution in [-0.2, 0) is 6.54 Å².